The monoisotopic (exact) mass is 345 g/mol. The highest BCUT2D eigenvalue weighted by molar-refractivity contribution is 7.08. The molecule has 0 bridgehead atoms. The highest BCUT2D eigenvalue weighted by Crippen LogP contribution is 2.17. The van der Waals surface area contributed by atoms with E-state index in [0.717, 1.165) is 62.6 Å². The van der Waals surface area contributed by atoms with Gasteiger partial charge in [0.15, 0.2) is 0 Å². The molecule has 3 heterocycles. The van der Waals surface area contributed by atoms with E-state index < -0.39 is 0 Å². The van der Waals surface area contributed by atoms with Crippen molar-refractivity contribution >= 4 is 17.4 Å². The van der Waals surface area contributed by atoms with Crippen LogP contribution in [0.5, 0.6) is 0 Å². The number of aromatic nitrogens is 3. The largest absolute Gasteiger partial charge is 0.337 e. The predicted octanol–water partition coefficient (Wildman–Crippen LogP) is 2.23. The van der Waals surface area contributed by atoms with E-state index in [-0.39, 0.29) is 5.91 Å². The molecule has 1 fully saturated rings. The van der Waals surface area contributed by atoms with Gasteiger partial charge in [-0.05, 0) is 42.1 Å². The Balaban J connectivity index is 1.60. The average Bonchev–Trinajstić information content (AvgIpc) is 2.94. The van der Waals surface area contributed by atoms with E-state index in [1.165, 1.54) is 17.1 Å². The molecule has 2 aromatic heterocycles. The zero-order valence-corrected chi connectivity index (χ0v) is 14.8. The van der Waals surface area contributed by atoms with Crippen LogP contribution in [0, 0.1) is 0 Å². The van der Waals surface area contributed by atoms with Gasteiger partial charge in [0.05, 0.1) is 5.69 Å². The summed E-state index contributed by atoms with van der Waals surface area (Å²) in [6.07, 6.45) is 6.45. The van der Waals surface area contributed by atoms with Gasteiger partial charge in [0.25, 0.3) is 5.91 Å². The van der Waals surface area contributed by atoms with Gasteiger partial charge >= 0.3 is 0 Å². The first-order chi connectivity index (χ1) is 11.8. The molecular weight excluding hydrogens is 322 g/mol. The van der Waals surface area contributed by atoms with Crippen LogP contribution in [-0.4, -0.2) is 56.5 Å². The summed E-state index contributed by atoms with van der Waals surface area (Å²) in [7, 11) is 0. The van der Waals surface area contributed by atoms with Crippen molar-refractivity contribution in [2.24, 2.45) is 0 Å². The van der Waals surface area contributed by atoms with E-state index in [1.54, 1.807) is 0 Å². The predicted molar refractivity (Wildman–Crippen MR) is 93.9 cm³/mol. The summed E-state index contributed by atoms with van der Waals surface area (Å²) in [5.41, 5.74) is 2.12. The minimum Gasteiger partial charge on any atom is -0.337 e. The van der Waals surface area contributed by atoms with Crippen molar-refractivity contribution in [2.45, 2.75) is 32.7 Å². The Hall–Kier alpha value is -1.86. The van der Waals surface area contributed by atoms with Crippen LogP contribution in [0.25, 0.3) is 0 Å². The lowest BCUT2D eigenvalue weighted by atomic mass is 10.2. The van der Waals surface area contributed by atoms with Gasteiger partial charge in [-0.15, -0.1) is 5.10 Å². The fourth-order valence-corrected chi connectivity index (χ4v) is 3.67. The molecule has 0 saturated carbocycles. The van der Waals surface area contributed by atoms with Crippen molar-refractivity contribution in [1.29, 1.82) is 0 Å². The molecule has 1 saturated heterocycles. The van der Waals surface area contributed by atoms with Crippen LogP contribution in [0.2, 0.25) is 0 Å². The van der Waals surface area contributed by atoms with E-state index in [9.17, 15) is 4.79 Å². The molecule has 0 spiro atoms. The molecule has 0 aromatic carbocycles. The zero-order chi connectivity index (χ0) is 16.8. The van der Waals surface area contributed by atoms with E-state index in [1.807, 2.05) is 29.4 Å². The molecule has 0 aliphatic carbocycles. The number of carbonyl (C=O) groups excluding carboxylic acids is 1. The molecule has 2 aromatic rings. The van der Waals surface area contributed by atoms with Gasteiger partial charge in [0, 0.05) is 45.1 Å². The van der Waals surface area contributed by atoms with Gasteiger partial charge in [-0.2, -0.15) is 0 Å². The SMILES string of the molecule is CCCc1nnsc1C(=O)N1CCCN(Cc2ccncc2)CC1. The number of nitrogens with zero attached hydrogens (tertiary/aromatic N) is 5. The van der Waals surface area contributed by atoms with Gasteiger partial charge in [-0.25, -0.2) is 0 Å². The molecule has 0 atom stereocenters. The zero-order valence-electron chi connectivity index (χ0n) is 14.0. The Morgan fingerprint density at radius 3 is 2.83 bits per heavy atom. The van der Waals surface area contributed by atoms with Gasteiger partial charge in [-0.3, -0.25) is 14.7 Å². The molecule has 0 unspecified atom stereocenters. The molecule has 6 nitrogen and oxygen atoms in total. The third-order valence-electron chi connectivity index (χ3n) is 4.27. The highest BCUT2D eigenvalue weighted by atomic mass is 32.1. The van der Waals surface area contributed by atoms with Gasteiger partial charge in [-0.1, -0.05) is 17.8 Å². The van der Waals surface area contributed by atoms with Crippen LogP contribution in [0.4, 0.5) is 0 Å². The minimum absolute atomic E-state index is 0.0965. The van der Waals surface area contributed by atoms with E-state index >= 15 is 0 Å². The molecule has 24 heavy (non-hydrogen) atoms. The molecule has 7 heteroatoms. The van der Waals surface area contributed by atoms with Crippen molar-refractivity contribution in [1.82, 2.24) is 24.4 Å². The maximum atomic E-state index is 12.8. The van der Waals surface area contributed by atoms with Crippen LogP contribution in [-0.2, 0) is 13.0 Å². The van der Waals surface area contributed by atoms with Crippen molar-refractivity contribution in [3.8, 4) is 0 Å². The van der Waals surface area contributed by atoms with Crippen LogP contribution in [0.3, 0.4) is 0 Å². The first-order valence-corrected chi connectivity index (χ1v) is 9.27. The average molecular weight is 345 g/mol. The number of hydrogen-bond acceptors (Lipinski definition) is 6. The first kappa shape index (κ1) is 17.0. The number of amides is 1. The number of rotatable bonds is 5. The lowest BCUT2D eigenvalue weighted by Gasteiger charge is -2.21. The maximum absolute atomic E-state index is 12.8. The van der Waals surface area contributed by atoms with E-state index in [2.05, 4.69) is 26.4 Å². The quantitative estimate of drug-likeness (QED) is 0.832. The Morgan fingerprint density at radius 1 is 1.21 bits per heavy atom. The van der Waals surface area contributed by atoms with Crippen molar-refractivity contribution in [3.63, 3.8) is 0 Å². The summed E-state index contributed by atoms with van der Waals surface area (Å²) in [6, 6.07) is 4.10. The lowest BCUT2D eigenvalue weighted by molar-refractivity contribution is 0.0764. The molecule has 128 valence electrons. The van der Waals surface area contributed by atoms with Gasteiger partial charge in [0.2, 0.25) is 0 Å². The Kier molecular flexibility index (Phi) is 5.87. The molecule has 3 rings (SSSR count). The van der Waals surface area contributed by atoms with Crippen molar-refractivity contribution < 1.29 is 4.79 Å². The summed E-state index contributed by atoms with van der Waals surface area (Å²) < 4.78 is 3.98. The highest BCUT2D eigenvalue weighted by Gasteiger charge is 2.24. The molecule has 0 radical (unpaired) electrons. The minimum atomic E-state index is 0.0965. The van der Waals surface area contributed by atoms with Crippen LogP contribution < -0.4 is 0 Å². The third kappa shape index (κ3) is 4.15. The Morgan fingerprint density at radius 2 is 2.04 bits per heavy atom. The molecule has 0 N–H and O–H groups in total. The number of carbonyl (C=O) groups is 1. The van der Waals surface area contributed by atoms with Crippen LogP contribution in [0.1, 0.15) is 40.7 Å². The fourth-order valence-electron chi connectivity index (χ4n) is 2.99. The second-order valence-corrected chi connectivity index (χ2v) is 6.83. The number of hydrogen-bond donors (Lipinski definition) is 0. The second-order valence-electron chi connectivity index (χ2n) is 6.08. The normalized spacial score (nSPS) is 16.1. The summed E-state index contributed by atoms with van der Waals surface area (Å²) >= 11 is 1.23. The lowest BCUT2D eigenvalue weighted by Crippen LogP contribution is -2.35. The topological polar surface area (TPSA) is 62.2 Å². The summed E-state index contributed by atoms with van der Waals surface area (Å²) in [5, 5.41) is 4.12. The third-order valence-corrected chi connectivity index (χ3v) is 5.02. The van der Waals surface area contributed by atoms with Gasteiger partial charge < -0.3 is 4.90 Å². The molecule has 1 aliphatic heterocycles. The van der Waals surface area contributed by atoms with Gasteiger partial charge in [0.1, 0.15) is 4.88 Å². The summed E-state index contributed by atoms with van der Waals surface area (Å²) in [6.45, 7) is 6.46. The number of aryl methyl sites for hydroxylation is 1. The Labute approximate surface area is 146 Å². The van der Waals surface area contributed by atoms with Crippen LogP contribution in [0.15, 0.2) is 24.5 Å². The van der Waals surface area contributed by atoms with E-state index in [0.29, 0.717) is 0 Å². The smallest absolute Gasteiger partial charge is 0.267 e. The van der Waals surface area contributed by atoms with E-state index in [4.69, 9.17) is 0 Å². The van der Waals surface area contributed by atoms with Crippen LogP contribution >= 0.6 is 11.5 Å². The fraction of sp³-hybridized carbons (Fsp3) is 0.529. The second kappa shape index (κ2) is 8.30. The van der Waals surface area contributed by atoms with Crippen molar-refractivity contribution in [3.05, 3.63) is 40.7 Å². The summed E-state index contributed by atoms with van der Waals surface area (Å²) in [5.74, 6) is 0.0965. The molecule has 1 amide bonds. The van der Waals surface area contributed by atoms with Crippen molar-refractivity contribution in [2.75, 3.05) is 26.2 Å². The first-order valence-electron chi connectivity index (χ1n) is 8.49. The number of pyridine rings is 1. The molecular formula is C17H23N5OS. The standard InChI is InChI=1S/C17H23N5OS/c1-2-4-15-16(24-20-19-15)17(23)22-10-3-9-21(11-12-22)13-14-5-7-18-8-6-14/h5-8H,2-4,9-13H2,1H3. The maximum Gasteiger partial charge on any atom is 0.267 e. The Bertz CT molecular complexity index is 660. The summed E-state index contributed by atoms with van der Waals surface area (Å²) in [4.78, 5) is 21.9. The molecule has 1 aliphatic rings.